The van der Waals surface area contributed by atoms with Gasteiger partial charge in [0.25, 0.3) is 5.69 Å². The van der Waals surface area contributed by atoms with Gasteiger partial charge in [0.15, 0.2) is 5.82 Å². The Balaban J connectivity index is 2.51. The smallest absolute Gasteiger partial charge is 0.266 e. The predicted molar refractivity (Wildman–Crippen MR) is 88.2 cm³/mol. The summed E-state index contributed by atoms with van der Waals surface area (Å²) in [5, 5.41) is 33.8. The quantitative estimate of drug-likeness (QED) is 0.390. The molecule has 0 spiro atoms. The predicted octanol–water partition coefficient (Wildman–Crippen LogP) is 2.11. The Bertz CT molecular complexity index is 863. The van der Waals surface area contributed by atoms with Gasteiger partial charge in [-0.3, -0.25) is 15.2 Å². The third-order valence-corrected chi connectivity index (χ3v) is 3.38. The third kappa shape index (κ3) is 3.43. The number of methoxy groups -OCH3 is 1. The molecule has 0 atom stereocenters. The van der Waals surface area contributed by atoms with Gasteiger partial charge in [-0.25, -0.2) is 0 Å². The standard InChI is InChI=1S/C14H17N5O4S/c1-14(2,3)12-16-17-13(24)18(12)15-7-8-5-9(19(21)22)11(20)10(6-8)23-4/h5-7,20H,1-4H3,(H,17,24)/p-1/b15-7-. The number of nitro benzene ring substituents is 1. The Hall–Kier alpha value is -2.75. The molecule has 10 heteroatoms. The molecular weight excluding hydrogens is 334 g/mol. The van der Waals surface area contributed by atoms with Gasteiger partial charge in [-0.1, -0.05) is 20.8 Å². The van der Waals surface area contributed by atoms with Crippen LogP contribution >= 0.6 is 12.2 Å². The van der Waals surface area contributed by atoms with Gasteiger partial charge < -0.3 is 9.84 Å². The molecule has 0 aliphatic heterocycles. The highest BCUT2D eigenvalue weighted by molar-refractivity contribution is 7.71. The zero-order valence-electron chi connectivity index (χ0n) is 13.6. The SMILES string of the molecule is COc1cc(/C=N\n2c(C(C)(C)C)n[nH]c2=S)cc([N+](=O)[O-])c1[O-]. The number of ether oxygens (including phenoxy) is 1. The summed E-state index contributed by atoms with van der Waals surface area (Å²) in [6.45, 7) is 5.85. The van der Waals surface area contributed by atoms with Crippen LogP contribution in [0.1, 0.15) is 32.2 Å². The van der Waals surface area contributed by atoms with Crippen LogP contribution in [0.2, 0.25) is 0 Å². The van der Waals surface area contributed by atoms with E-state index in [0.717, 1.165) is 6.07 Å². The Morgan fingerprint density at radius 3 is 2.67 bits per heavy atom. The zero-order chi connectivity index (χ0) is 18.1. The van der Waals surface area contributed by atoms with Crippen LogP contribution in [0.5, 0.6) is 11.5 Å². The lowest BCUT2D eigenvalue weighted by Crippen LogP contribution is -2.17. The summed E-state index contributed by atoms with van der Waals surface area (Å²) in [5.41, 5.74) is -0.559. The Morgan fingerprint density at radius 1 is 1.46 bits per heavy atom. The second kappa shape index (κ2) is 6.40. The van der Waals surface area contributed by atoms with Crippen molar-refractivity contribution in [2.45, 2.75) is 26.2 Å². The summed E-state index contributed by atoms with van der Waals surface area (Å²) in [6.07, 6.45) is 1.36. The van der Waals surface area contributed by atoms with Gasteiger partial charge in [0.05, 0.1) is 18.2 Å². The van der Waals surface area contributed by atoms with Crippen LogP contribution in [-0.4, -0.2) is 33.1 Å². The number of nitrogens with one attached hydrogen (secondary N) is 1. The number of benzene rings is 1. The molecule has 0 saturated carbocycles. The normalized spacial score (nSPS) is 11.8. The van der Waals surface area contributed by atoms with Crippen LogP contribution in [0.25, 0.3) is 0 Å². The number of rotatable bonds is 4. The molecule has 1 heterocycles. The van der Waals surface area contributed by atoms with Crippen molar-refractivity contribution in [3.05, 3.63) is 38.4 Å². The average molecular weight is 350 g/mol. The molecule has 128 valence electrons. The summed E-state index contributed by atoms with van der Waals surface area (Å²) >= 11 is 5.14. The molecule has 0 saturated heterocycles. The molecule has 0 aliphatic rings. The summed E-state index contributed by atoms with van der Waals surface area (Å²) in [7, 11) is 1.27. The number of nitro groups is 1. The summed E-state index contributed by atoms with van der Waals surface area (Å²) in [5.74, 6) is -0.307. The fourth-order valence-corrected chi connectivity index (χ4v) is 2.16. The van der Waals surface area contributed by atoms with E-state index < -0.39 is 16.4 Å². The molecule has 0 aliphatic carbocycles. The maximum atomic E-state index is 11.8. The van der Waals surface area contributed by atoms with E-state index in [0.29, 0.717) is 11.4 Å². The first kappa shape index (κ1) is 17.6. The van der Waals surface area contributed by atoms with Crippen molar-refractivity contribution in [3.63, 3.8) is 0 Å². The van der Waals surface area contributed by atoms with Crippen molar-refractivity contribution in [2.24, 2.45) is 5.10 Å². The molecule has 0 amide bonds. The lowest BCUT2D eigenvalue weighted by molar-refractivity contribution is -0.398. The third-order valence-electron chi connectivity index (χ3n) is 3.12. The van der Waals surface area contributed by atoms with E-state index in [4.69, 9.17) is 17.0 Å². The molecule has 1 aromatic carbocycles. The number of nitrogens with zero attached hydrogens (tertiary/aromatic N) is 4. The van der Waals surface area contributed by atoms with Crippen LogP contribution in [0.4, 0.5) is 5.69 Å². The Kier molecular flexibility index (Phi) is 4.69. The van der Waals surface area contributed by atoms with Gasteiger partial charge in [0.1, 0.15) is 5.75 Å². The number of H-pyrrole nitrogens is 1. The van der Waals surface area contributed by atoms with Crippen LogP contribution < -0.4 is 9.84 Å². The topological polar surface area (TPSA) is 121 Å². The van der Waals surface area contributed by atoms with Crippen LogP contribution in [0.3, 0.4) is 0 Å². The molecule has 0 bridgehead atoms. The van der Waals surface area contributed by atoms with Crippen LogP contribution in [0, 0.1) is 14.9 Å². The summed E-state index contributed by atoms with van der Waals surface area (Å²) < 4.78 is 6.61. The van der Waals surface area contributed by atoms with E-state index in [-0.39, 0.29) is 15.9 Å². The lowest BCUT2D eigenvalue weighted by Gasteiger charge is -2.16. The van der Waals surface area contributed by atoms with Crippen molar-refractivity contribution < 1.29 is 14.8 Å². The highest BCUT2D eigenvalue weighted by atomic mass is 32.1. The monoisotopic (exact) mass is 350 g/mol. The van der Waals surface area contributed by atoms with Crippen LogP contribution in [-0.2, 0) is 5.41 Å². The van der Waals surface area contributed by atoms with Crippen molar-refractivity contribution in [1.82, 2.24) is 14.9 Å². The van der Waals surface area contributed by atoms with Gasteiger partial charge in [-0.05, 0) is 18.3 Å². The minimum atomic E-state index is -0.782. The molecule has 1 N–H and O–H groups in total. The van der Waals surface area contributed by atoms with Gasteiger partial charge in [-0.15, -0.1) is 0 Å². The largest absolute Gasteiger partial charge is 0.865 e. The number of hydrogen-bond acceptors (Lipinski definition) is 7. The minimum Gasteiger partial charge on any atom is -0.865 e. The fourth-order valence-electron chi connectivity index (χ4n) is 1.98. The van der Waals surface area contributed by atoms with E-state index in [1.54, 1.807) is 0 Å². The first-order chi connectivity index (χ1) is 11.1. The van der Waals surface area contributed by atoms with Gasteiger partial charge in [0.2, 0.25) is 4.77 Å². The molecular formula is C14H16N5O4S-. The van der Waals surface area contributed by atoms with E-state index in [1.807, 2.05) is 20.8 Å². The average Bonchev–Trinajstić information content (AvgIpc) is 2.87. The Labute approximate surface area is 142 Å². The number of hydrogen-bond donors (Lipinski definition) is 1. The summed E-state index contributed by atoms with van der Waals surface area (Å²) in [6, 6.07) is 2.51. The minimum absolute atomic E-state index is 0.127. The molecule has 9 nitrogen and oxygen atoms in total. The molecule has 24 heavy (non-hydrogen) atoms. The maximum Gasteiger partial charge on any atom is 0.266 e. The number of aromatic nitrogens is 3. The molecule has 1 aromatic heterocycles. The van der Waals surface area contributed by atoms with Crippen molar-refractivity contribution >= 4 is 24.1 Å². The molecule has 2 rings (SSSR count). The van der Waals surface area contributed by atoms with Gasteiger partial charge in [0, 0.05) is 22.8 Å². The van der Waals surface area contributed by atoms with E-state index in [1.165, 1.54) is 24.1 Å². The zero-order valence-corrected chi connectivity index (χ0v) is 14.4. The van der Waals surface area contributed by atoms with Crippen molar-refractivity contribution in [1.29, 1.82) is 0 Å². The Morgan fingerprint density at radius 2 is 2.12 bits per heavy atom. The second-order valence-corrected chi connectivity index (χ2v) is 6.37. The molecule has 0 radical (unpaired) electrons. The second-order valence-electron chi connectivity index (χ2n) is 5.99. The first-order valence-electron chi connectivity index (χ1n) is 6.91. The lowest BCUT2D eigenvalue weighted by atomic mass is 9.96. The molecule has 0 fully saturated rings. The maximum absolute atomic E-state index is 11.8. The highest BCUT2D eigenvalue weighted by Gasteiger charge is 2.21. The summed E-state index contributed by atoms with van der Waals surface area (Å²) in [4.78, 5) is 10.2. The van der Waals surface area contributed by atoms with Crippen LogP contribution in [0.15, 0.2) is 17.2 Å². The highest BCUT2D eigenvalue weighted by Crippen LogP contribution is 2.34. The molecule has 0 unspecified atom stereocenters. The van der Waals surface area contributed by atoms with E-state index in [2.05, 4.69) is 15.3 Å². The van der Waals surface area contributed by atoms with Gasteiger partial charge in [-0.2, -0.15) is 14.9 Å². The first-order valence-corrected chi connectivity index (χ1v) is 7.31. The number of aromatic amines is 1. The van der Waals surface area contributed by atoms with Crippen molar-refractivity contribution in [3.8, 4) is 11.5 Å². The molecule has 2 aromatic rings. The fraction of sp³-hybridized carbons (Fsp3) is 0.357. The van der Waals surface area contributed by atoms with E-state index >= 15 is 0 Å². The van der Waals surface area contributed by atoms with Crippen molar-refractivity contribution in [2.75, 3.05) is 7.11 Å². The van der Waals surface area contributed by atoms with Gasteiger partial charge >= 0.3 is 0 Å². The van der Waals surface area contributed by atoms with E-state index in [9.17, 15) is 15.2 Å².